The summed E-state index contributed by atoms with van der Waals surface area (Å²) >= 11 is 13.1. The lowest BCUT2D eigenvalue weighted by Crippen LogP contribution is -1.69. The van der Waals surface area contributed by atoms with Crippen LogP contribution in [-0.4, -0.2) is 4.98 Å². The molecule has 0 saturated heterocycles. The Morgan fingerprint density at radius 3 is 3.00 bits per heavy atom. The van der Waals surface area contributed by atoms with Gasteiger partial charge in [-0.05, 0) is 12.1 Å². The van der Waals surface area contributed by atoms with E-state index in [1.54, 1.807) is 6.07 Å². The maximum atomic E-state index is 5.84. The molecule has 2 aromatic heterocycles. The summed E-state index contributed by atoms with van der Waals surface area (Å²) in [7, 11) is 0. The molecule has 2 heterocycles. The van der Waals surface area contributed by atoms with E-state index in [4.69, 9.17) is 23.2 Å². The minimum absolute atomic E-state index is 0.531. The molecule has 0 bridgehead atoms. The van der Waals surface area contributed by atoms with Crippen molar-refractivity contribution in [3.8, 4) is 0 Å². The van der Waals surface area contributed by atoms with Gasteiger partial charge in [0.05, 0.1) is 15.9 Å². The van der Waals surface area contributed by atoms with E-state index in [1.807, 2.05) is 6.07 Å². The molecule has 2 rings (SSSR count). The van der Waals surface area contributed by atoms with Crippen molar-refractivity contribution >= 4 is 44.8 Å². The van der Waals surface area contributed by atoms with E-state index >= 15 is 0 Å². The Kier molecular flexibility index (Phi) is 1.75. The zero-order valence-electron chi connectivity index (χ0n) is 5.27. The lowest BCUT2D eigenvalue weighted by Gasteiger charge is -1.84. The van der Waals surface area contributed by atoms with Crippen molar-refractivity contribution in [3.05, 3.63) is 27.7 Å². The second-order valence-corrected chi connectivity index (χ2v) is 4.01. The smallest absolute Gasteiger partial charge is 0.114 e. The summed E-state index contributed by atoms with van der Waals surface area (Å²) in [6, 6.07) is 3.64. The molecule has 0 N–H and O–H groups in total. The molecule has 2 aromatic rings. The molecule has 1 nitrogen and oxygen atoms in total. The SMILES string of the molecule is Clc1sc2cc[c]nc2c1Cl. The number of aromatic nitrogens is 1. The highest BCUT2D eigenvalue weighted by Gasteiger charge is 2.07. The maximum Gasteiger partial charge on any atom is 0.114 e. The molecule has 0 unspecified atom stereocenters. The van der Waals surface area contributed by atoms with Crippen LogP contribution in [0.1, 0.15) is 0 Å². The first-order valence-electron chi connectivity index (χ1n) is 2.89. The summed E-state index contributed by atoms with van der Waals surface area (Å²) in [6.45, 7) is 0. The molecule has 0 amide bonds. The Labute approximate surface area is 77.6 Å². The predicted octanol–water partition coefficient (Wildman–Crippen LogP) is 3.40. The topological polar surface area (TPSA) is 12.9 Å². The molecule has 0 saturated carbocycles. The molecule has 0 aliphatic rings. The van der Waals surface area contributed by atoms with Crippen molar-refractivity contribution < 1.29 is 0 Å². The predicted molar refractivity (Wildman–Crippen MR) is 48.5 cm³/mol. The monoisotopic (exact) mass is 202 g/mol. The number of halogens is 2. The third-order valence-corrected chi connectivity index (χ3v) is 3.23. The minimum atomic E-state index is 0.531. The van der Waals surface area contributed by atoms with Crippen LogP contribution in [-0.2, 0) is 0 Å². The standard InChI is InChI=1S/C7H2Cl2NS/c8-5-6-4(11-7(5)9)2-1-3-10-6/h1-2H. The Morgan fingerprint density at radius 2 is 2.27 bits per heavy atom. The van der Waals surface area contributed by atoms with Crippen LogP contribution in [0.25, 0.3) is 10.2 Å². The van der Waals surface area contributed by atoms with Gasteiger partial charge in [-0.2, -0.15) is 0 Å². The van der Waals surface area contributed by atoms with E-state index in [9.17, 15) is 0 Å². The van der Waals surface area contributed by atoms with Gasteiger partial charge in [-0.1, -0.05) is 23.2 Å². The van der Waals surface area contributed by atoms with Crippen LogP contribution in [0.15, 0.2) is 12.1 Å². The summed E-state index contributed by atoms with van der Waals surface area (Å²) in [5.41, 5.74) is 0.740. The fourth-order valence-corrected chi connectivity index (χ4v) is 2.24. The number of nitrogens with zero attached hydrogens (tertiary/aromatic N) is 1. The van der Waals surface area contributed by atoms with Crippen molar-refractivity contribution in [2.24, 2.45) is 0 Å². The van der Waals surface area contributed by atoms with E-state index in [0.717, 1.165) is 10.2 Å². The molecule has 55 valence electrons. The lowest BCUT2D eigenvalue weighted by atomic mass is 10.4. The van der Waals surface area contributed by atoms with Crippen LogP contribution in [0.3, 0.4) is 0 Å². The van der Waals surface area contributed by atoms with Crippen molar-refractivity contribution in [2.45, 2.75) is 0 Å². The van der Waals surface area contributed by atoms with Gasteiger partial charge in [0.2, 0.25) is 0 Å². The number of fused-ring (bicyclic) bond motifs is 1. The molecule has 0 atom stereocenters. The number of hydrogen-bond acceptors (Lipinski definition) is 2. The molecule has 0 aliphatic heterocycles. The largest absolute Gasteiger partial charge is 0.244 e. The van der Waals surface area contributed by atoms with Gasteiger partial charge in [0, 0.05) is 0 Å². The Balaban J connectivity index is 2.92. The van der Waals surface area contributed by atoms with Crippen LogP contribution in [0.2, 0.25) is 9.36 Å². The Hall–Kier alpha value is -0.310. The summed E-state index contributed by atoms with van der Waals surface area (Å²) in [5, 5.41) is 0.531. The first-order valence-corrected chi connectivity index (χ1v) is 4.47. The van der Waals surface area contributed by atoms with Crippen molar-refractivity contribution in [2.75, 3.05) is 0 Å². The average Bonchev–Trinajstić information content (AvgIpc) is 2.30. The minimum Gasteiger partial charge on any atom is -0.244 e. The summed E-state index contributed by atoms with van der Waals surface area (Å²) in [4.78, 5) is 3.97. The fourth-order valence-electron chi connectivity index (χ4n) is 0.823. The fraction of sp³-hybridized carbons (Fsp3) is 0. The van der Waals surface area contributed by atoms with Gasteiger partial charge in [0.25, 0.3) is 0 Å². The zero-order valence-corrected chi connectivity index (χ0v) is 7.59. The lowest BCUT2D eigenvalue weighted by molar-refractivity contribution is 1.41. The molecular weight excluding hydrogens is 201 g/mol. The number of hydrogen-bond donors (Lipinski definition) is 0. The first-order chi connectivity index (χ1) is 5.29. The van der Waals surface area contributed by atoms with Crippen molar-refractivity contribution in [3.63, 3.8) is 0 Å². The summed E-state index contributed by atoms with van der Waals surface area (Å²) < 4.78 is 1.59. The van der Waals surface area contributed by atoms with E-state index in [1.165, 1.54) is 11.3 Å². The van der Waals surface area contributed by atoms with Crippen molar-refractivity contribution in [1.82, 2.24) is 4.98 Å². The highest BCUT2D eigenvalue weighted by molar-refractivity contribution is 7.23. The third kappa shape index (κ3) is 1.11. The normalized spacial score (nSPS) is 10.7. The van der Waals surface area contributed by atoms with Crippen LogP contribution in [0.4, 0.5) is 0 Å². The molecule has 0 aromatic carbocycles. The summed E-state index contributed by atoms with van der Waals surface area (Å²) in [6.07, 6.45) is 2.70. The van der Waals surface area contributed by atoms with Gasteiger partial charge < -0.3 is 0 Å². The molecule has 1 radical (unpaired) electrons. The number of thiophene rings is 1. The van der Waals surface area contributed by atoms with Crippen LogP contribution < -0.4 is 0 Å². The van der Waals surface area contributed by atoms with Crippen LogP contribution in [0, 0.1) is 6.20 Å². The maximum absolute atomic E-state index is 5.84. The third-order valence-electron chi connectivity index (χ3n) is 1.30. The van der Waals surface area contributed by atoms with Gasteiger partial charge in [0.1, 0.15) is 9.85 Å². The average molecular weight is 203 g/mol. The summed E-state index contributed by atoms with van der Waals surface area (Å²) in [5.74, 6) is 0. The van der Waals surface area contributed by atoms with E-state index in [-0.39, 0.29) is 0 Å². The quantitative estimate of drug-likeness (QED) is 0.639. The van der Waals surface area contributed by atoms with Gasteiger partial charge in [0.15, 0.2) is 0 Å². The number of pyridine rings is 1. The van der Waals surface area contributed by atoms with Gasteiger partial charge in [-0.25, -0.2) is 4.98 Å². The first kappa shape index (κ1) is 7.35. The molecular formula is C7H2Cl2NS. The second-order valence-electron chi connectivity index (χ2n) is 1.98. The molecule has 0 spiro atoms. The highest BCUT2D eigenvalue weighted by Crippen LogP contribution is 2.36. The molecule has 0 aliphatic carbocycles. The molecule has 0 fully saturated rings. The van der Waals surface area contributed by atoms with Crippen LogP contribution in [0.5, 0.6) is 0 Å². The molecule has 4 heteroatoms. The van der Waals surface area contributed by atoms with E-state index < -0.39 is 0 Å². The molecule has 11 heavy (non-hydrogen) atoms. The van der Waals surface area contributed by atoms with Gasteiger partial charge in [-0.3, -0.25) is 0 Å². The number of rotatable bonds is 0. The van der Waals surface area contributed by atoms with Crippen molar-refractivity contribution in [1.29, 1.82) is 0 Å². The zero-order chi connectivity index (χ0) is 7.84. The second kappa shape index (κ2) is 2.63. The van der Waals surface area contributed by atoms with E-state index in [0.29, 0.717) is 9.36 Å². The van der Waals surface area contributed by atoms with Gasteiger partial charge in [-0.15, -0.1) is 11.3 Å². The Bertz CT molecular complexity index is 396. The van der Waals surface area contributed by atoms with Gasteiger partial charge >= 0.3 is 0 Å². The highest BCUT2D eigenvalue weighted by atomic mass is 35.5. The van der Waals surface area contributed by atoms with Crippen LogP contribution >= 0.6 is 34.5 Å². The van der Waals surface area contributed by atoms with E-state index in [2.05, 4.69) is 11.2 Å². The Morgan fingerprint density at radius 1 is 1.45 bits per heavy atom.